The second-order valence-electron chi connectivity index (χ2n) is 5.50. The molecule has 3 heterocycles. The first-order valence-electron chi connectivity index (χ1n) is 6.58. The lowest BCUT2D eigenvalue weighted by Gasteiger charge is -2.39. The maximum Gasteiger partial charge on any atom is 0.320 e. The van der Waals surface area contributed by atoms with Crippen molar-refractivity contribution in [3.8, 4) is 0 Å². The molecule has 3 saturated heterocycles. The first kappa shape index (κ1) is 10.4. The number of nitrogens with zero attached hydrogens (tertiary/aromatic N) is 2. The summed E-state index contributed by atoms with van der Waals surface area (Å²) in [5.41, 5.74) is 6.02. The molecule has 90 valence electrons. The predicted octanol–water partition coefficient (Wildman–Crippen LogP) is 1.16. The highest BCUT2D eigenvalue weighted by atomic mass is 16.2. The minimum absolute atomic E-state index is 0.289. The molecule has 0 spiro atoms. The quantitative estimate of drug-likeness (QED) is 0.670. The Balaban J connectivity index is 1.72. The molecule has 3 aliphatic rings. The average molecular weight is 223 g/mol. The Kier molecular flexibility index (Phi) is 2.54. The highest BCUT2D eigenvalue weighted by molar-refractivity contribution is 5.76. The minimum Gasteiger partial charge on any atom is -0.328 e. The number of amides is 2. The summed E-state index contributed by atoms with van der Waals surface area (Å²) >= 11 is 0. The topological polar surface area (TPSA) is 49.6 Å². The first-order chi connectivity index (χ1) is 7.75. The second-order valence-corrected chi connectivity index (χ2v) is 5.50. The van der Waals surface area contributed by atoms with Crippen LogP contribution in [0.25, 0.3) is 0 Å². The van der Waals surface area contributed by atoms with E-state index in [1.54, 1.807) is 0 Å². The summed E-state index contributed by atoms with van der Waals surface area (Å²) in [7, 11) is 0. The zero-order chi connectivity index (χ0) is 11.1. The highest BCUT2D eigenvalue weighted by Gasteiger charge is 2.43. The van der Waals surface area contributed by atoms with E-state index in [0.717, 1.165) is 38.8 Å². The molecule has 2 bridgehead atoms. The molecule has 0 aliphatic carbocycles. The molecule has 4 heteroatoms. The van der Waals surface area contributed by atoms with Crippen LogP contribution < -0.4 is 5.73 Å². The number of piperidine rings is 1. The fourth-order valence-electron chi connectivity index (χ4n) is 3.60. The van der Waals surface area contributed by atoms with Crippen LogP contribution in [0.3, 0.4) is 0 Å². The summed E-state index contributed by atoms with van der Waals surface area (Å²) in [6.45, 7) is 1.92. The van der Waals surface area contributed by atoms with Crippen LogP contribution in [-0.2, 0) is 0 Å². The van der Waals surface area contributed by atoms with Gasteiger partial charge < -0.3 is 15.5 Å². The van der Waals surface area contributed by atoms with E-state index in [2.05, 4.69) is 4.90 Å². The predicted molar refractivity (Wildman–Crippen MR) is 62.1 cm³/mol. The van der Waals surface area contributed by atoms with Crippen molar-refractivity contribution >= 4 is 6.03 Å². The summed E-state index contributed by atoms with van der Waals surface area (Å²) in [6.07, 6.45) is 6.70. The Labute approximate surface area is 96.8 Å². The lowest BCUT2D eigenvalue weighted by Crippen LogP contribution is -2.54. The molecule has 2 amide bonds. The molecule has 2 atom stereocenters. The maximum absolute atomic E-state index is 12.4. The molecule has 0 aromatic carbocycles. The Morgan fingerprint density at radius 2 is 1.62 bits per heavy atom. The van der Waals surface area contributed by atoms with Gasteiger partial charge in [0.25, 0.3) is 0 Å². The van der Waals surface area contributed by atoms with Crippen molar-refractivity contribution in [1.82, 2.24) is 9.80 Å². The number of carbonyl (C=O) groups excluding carboxylic acids is 1. The van der Waals surface area contributed by atoms with Gasteiger partial charge in [-0.3, -0.25) is 0 Å². The van der Waals surface area contributed by atoms with E-state index in [0.29, 0.717) is 18.1 Å². The normalized spacial score (nSPS) is 38.2. The van der Waals surface area contributed by atoms with Crippen molar-refractivity contribution in [3.63, 3.8) is 0 Å². The monoisotopic (exact) mass is 223 g/mol. The van der Waals surface area contributed by atoms with Gasteiger partial charge in [-0.05, 0) is 38.5 Å². The molecule has 0 saturated carbocycles. The largest absolute Gasteiger partial charge is 0.328 e. The number of fused-ring (bicyclic) bond motifs is 2. The summed E-state index contributed by atoms with van der Waals surface area (Å²) in [6, 6.07) is 1.47. The van der Waals surface area contributed by atoms with E-state index < -0.39 is 0 Å². The summed E-state index contributed by atoms with van der Waals surface area (Å²) in [5.74, 6) is 0. The van der Waals surface area contributed by atoms with Gasteiger partial charge in [0, 0.05) is 31.2 Å². The van der Waals surface area contributed by atoms with E-state index in [1.165, 1.54) is 12.8 Å². The van der Waals surface area contributed by atoms with Crippen LogP contribution in [0.2, 0.25) is 0 Å². The molecule has 3 aliphatic heterocycles. The molecule has 0 radical (unpaired) electrons. The van der Waals surface area contributed by atoms with Crippen LogP contribution in [0.1, 0.15) is 38.5 Å². The molecule has 4 nitrogen and oxygen atoms in total. The zero-order valence-electron chi connectivity index (χ0n) is 9.77. The standard InChI is InChI=1S/C12H21N3O/c13-9-7-10-3-4-11(8-9)15(10)12(16)14-5-1-2-6-14/h9-11H,1-8,13H2. The van der Waals surface area contributed by atoms with Crippen LogP contribution in [0.4, 0.5) is 4.79 Å². The molecular formula is C12H21N3O. The van der Waals surface area contributed by atoms with E-state index in [4.69, 9.17) is 5.73 Å². The fraction of sp³-hybridized carbons (Fsp3) is 0.917. The van der Waals surface area contributed by atoms with Gasteiger partial charge in [0.2, 0.25) is 0 Å². The molecule has 2 unspecified atom stereocenters. The Morgan fingerprint density at radius 1 is 1.06 bits per heavy atom. The van der Waals surface area contributed by atoms with Gasteiger partial charge in [-0.15, -0.1) is 0 Å². The van der Waals surface area contributed by atoms with Gasteiger partial charge in [0.1, 0.15) is 0 Å². The van der Waals surface area contributed by atoms with Crippen molar-refractivity contribution in [2.45, 2.75) is 56.7 Å². The smallest absolute Gasteiger partial charge is 0.320 e. The van der Waals surface area contributed by atoms with Crippen molar-refractivity contribution in [3.05, 3.63) is 0 Å². The third kappa shape index (κ3) is 1.59. The number of nitrogens with two attached hydrogens (primary N) is 1. The molecular weight excluding hydrogens is 202 g/mol. The summed E-state index contributed by atoms with van der Waals surface area (Å²) in [4.78, 5) is 16.6. The van der Waals surface area contributed by atoms with E-state index in [1.807, 2.05) is 4.90 Å². The highest BCUT2D eigenvalue weighted by Crippen LogP contribution is 2.36. The first-order valence-corrected chi connectivity index (χ1v) is 6.58. The Hall–Kier alpha value is -0.770. The van der Waals surface area contributed by atoms with Gasteiger partial charge in [0.15, 0.2) is 0 Å². The molecule has 3 fully saturated rings. The fourth-order valence-corrected chi connectivity index (χ4v) is 3.60. The van der Waals surface area contributed by atoms with Gasteiger partial charge in [-0.25, -0.2) is 4.79 Å². The van der Waals surface area contributed by atoms with E-state index in [9.17, 15) is 4.79 Å². The zero-order valence-corrected chi connectivity index (χ0v) is 9.77. The van der Waals surface area contributed by atoms with Crippen LogP contribution >= 0.6 is 0 Å². The third-order valence-corrected chi connectivity index (χ3v) is 4.37. The van der Waals surface area contributed by atoms with Crippen molar-refractivity contribution < 1.29 is 4.79 Å². The molecule has 16 heavy (non-hydrogen) atoms. The SMILES string of the molecule is NC1CC2CCC(C1)N2C(=O)N1CCCC1. The molecule has 0 aromatic rings. The Bertz CT molecular complexity index is 274. The summed E-state index contributed by atoms with van der Waals surface area (Å²) in [5, 5.41) is 0. The van der Waals surface area contributed by atoms with Crippen LogP contribution in [0.15, 0.2) is 0 Å². The minimum atomic E-state index is 0.289. The maximum atomic E-state index is 12.4. The van der Waals surface area contributed by atoms with Crippen molar-refractivity contribution in [2.75, 3.05) is 13.1 Å². The van der Waals surface area contributed by atoms with Crippen molar-refractivity contribution in [2.24, 2.45) is 5.73 Å². The van der Waals surface area contributed by atoms with Gasteiger partial charge in [-0.1, -0.05) is 0 Å². The number of likely N-dealkylation sites (tertiary alicyclic amines) is 1. The third-order valence-electron chi connectivity index (χ3n) is 4.37. The molecule has 2 N–H and O–H groups in total. The number of hydrogen-bond acceptors (Lipinski definition) is 2. The molecule has 0 aromatic heterocycles. The lowest BCUT2D eigenvalue weighted by atomic mass is 9.98. The van der Waals surface area contributed by atoms with Crippen LogP contribution in [0, 0.1) is 0 Å². The summed E-state index contributed by atoms with van der Waals surface area (Å²) < 4.78 is 0. The van der Waals surface area contributed by atoms with Crippen LogP contribution in [0.5, 0.6) is 0 Å². The second kappa shape index (κ2) is 3.91. The van der Waals surface area contributed by atoms with Gasteiger partial charge >= 0.3 is 6.03 Å². The molecule has 3 rings (SSSR count). The Morgan fingerprint density at radius 3 is 2.19 bits per heavy atom. The van der Waals surface area contributed by atoms with Gasteiger partial charge in [-0.2, -0.15) is 0 Å². The average Bonchev–Trinajstić information content (AvgIpc) is 2.85. The lowest BCUT2D eigenvalue weighted by molar-refractivity contribution is 0.112. The van der Waals surface area contributed by atoms with Crippen LogP contribution in [-0.4, -0.2) is 47.0 Å². The number of urea groups is 1. The van der Waals surface area contributed by atoms with E-state index in [-0.39, 0.29) is 6.03 Å². The number of hydrogen-bond donors (Lipinski definition) is 1. The van der Waals surface area contributed by atoms with Gasteiger partial charge in [0.05, 0.1) is 0 Å². The van der Waals surface area contributed by atoms with E-state index >= 15 is 0 Å². The number of carbonyl (C=O) groups is 1. The van der Waals surface area contributed by atoms with Crippen molar-refractivity contribution in [1.29, 1.82) is 0 Å². The number of rotatable bonds is 0.